The van der Waals surface area contributed by atoms with Gasteiger partial charge >= 0.3 is 6.03 Å². The van der Waals surface area contributed by atoms with E-state index in [4.69, 9.17) is 5.73 Å². The molecule has 2 saturated heterocycles. The fourth-order valence-electron chi connectivity index (χ4n) is 3.80. The summed E-state index contributed by atoms with van der Waals surface area (Å²) in [4.78, 5) is 23.7. The lowest BCUT2D eigenvalue weighted by molar-refractivity contribution is -0.125. The van der Waals surface area contributed by atoms with Gasteiger partial charge in [0.25, 0.3) is 0 Å². The largest absolute Gasteiger partial charge is 0.369 e. The molecule has 1 aromatic rings. The maximum atomic E-state index is 12.2. The number of thioether (sulfide) groups is 1. The van der Waals surface area contributed by atoms with E-state index in [1.807, 2.05) is 42.1 Å². The van der Waals surface area contributed by atoms with Crippen LogP contribution in [0.25, 0.3) is 0 Å². The summed E-state index contributed by atoms with van der Waals surface area (Å²) >= 11 is 1.89. The predicted octanol–water partition coefficient (Wildman–Crippen LogP) is 2.22. The van der Waals surface area contributed by atoms with Crippen LogP contribution in [-0.4, -0.2) is 35.0 Å². The number of carbonyl (C=O) groups is 2. The first kappa shape index (κ1) is 17.9. The van der Waals surface area contributed by atoms with Crippen molar-refractivity contribution in [1.29, 1.82) is 0 Å². The van der Waals surface area contributed by atoms with Crippen LogP contribution in [0, 0.1) is 5.41 Å². The molecule has 2 aliphatic heterocycles. The highest BCUT2D eigenvalue weighted by Crippen LogP contribution is 2.36. The molecule has 1 aromatic carbocycles. The molecule has 0 bridgehead atoms. The molecule has 4 N–H and O–H groups in total. The van der Waals surface area contributed by atoms with Crippen molar-refractivity contribution in [1.82, 2.24) is 10.6 Å². The van der Waals surface area contributed by atoms with Crippen molar-refractivity contribution in [3.8, 4) is 0 Å². The second kappa shape index (κ2) is 7.52. The number of nitrogens with two attached hydrogens (primary N) is 1. The third kappa shape index (κ3) is 3.84. The number of fused-ring (bicyclic) bond motifs is 1. The van der Waals surface area contributed by atoms with Gasteiger partial charge < -0.3 is 16.4 Å². The first-order chi connectivity index (χ1) is 12.0. The van der Waals surface area contributed by atoms with Gasteiger partial charge in [-0.3, -0.25) is 4.79 Å². The molecule has 3 amide bonds. The van der Waals surface area contributed by atoms with E-state index in [1.165, 1.54) is 0 Å². The maximum Gasteiger partial charge on any atom is 0.315 e. The van der Waals surface area contributed by atoms with Crippen molar-refractivity contribution in [3.05, 3.63) is 48.6 Å². The van der Waals surface area contributed by atoms with E-state index < -0.39 is 5.41 Å². The second-order valence-electron chi connectivity index (χ2n) is 6.90. The second-order valence-corrected chi connectivity index (χ2v) is 8.17. The van der Waals surface area contributed by atoms with E-state index in [0.717, 1.165) is 24.2 Å². The Morgan fingerprint density at radius 3 is 2.80 bits per heavy atom. The summed E-state index contributed by atoms with van der Waals surface area (Å²) in [5, 5.41) is 6.35. The Labute approximate surface area is 152 Å². The van der Waals surface area contributed by atoms with Gasteiger partial charge in [0, 0.05) is 11.0 Å². The van der Waals surface area contributed by atoms with Crippen molar-refractivity contribution in [2.24, 2.45) is 11.1 Å². The molecule has 134 valence electrons. The molecule has 0 radical (unpaired) electrons. The summed E-state index contributed by atoms with van der Waals surface area (Å²) in [5.74, 6) is 0.625. The summed E-state index contributed by atoms with van der Waals surface area (Å²) in [5.41, 5.74) is 6.11. The van der Waals surface area contributed by atoms with Gasteiger partial charge in [-0.2, -0.15) is 11.8 Å². The van der Waals surface area contributed by atoms with E-state index in [0.29, 0.717) is 18.1 Å². The summed E-state index contributed by atoms with van der Waals surface area (Å²) in [7, 11) is 0. The SMILES string of the molecule is C=CC(CCC[C@@H]1SC[C@@H]2NC(=O)N[C@@H]21)(Cc1ccccc1)C(N)=O. The van der Waals surface area contributed by atoms with Crippen molar-refractivity contribution in [2.45, 2.75) is 43.0 Å². The molecule has 2 heterocycles. The van der Waals surface area contributed by atoms with Crippen molar-refractivity contribution in [3.63, 3.8) is 0 Å². The highest BCUT2D eigenvalue weighted by atomic mass is 32.2. The van der Waals surface area contributed by atoms with Gasteiger partial charge in [-0.25, -0.2) is 4.79 Å². The van der Waals surface area contributed by atoms with E-state index in [9.17, 15) is 9.59 Å². The molecule has 5 nitrogen and oxygen atoms in total. The van der Waals surface area contributed by atoms with Crippen LogP contribution in [-0.2, 0) is 11.2 Å². The Bertz CT molecular complexity index is 651. The molecule has 0 saturated carbocycles. The number of hydrogen-bond donors (Lipinski definition) is 3. The van der Waals surface area contributed by atoms with Crippen molar-refractivity contribution in [2.75, 3.05) is 5.75 Å². The minimum atomic E-state index is -0.721. The maximum absolute atomic E-state index is 12.2. The minimum Gasteiger partial charge on any atom is -0.369 e. The van der Waals surface area contributed by atoms with E-state index in [-0.39, 0.29) is 24.0 Å². The van der Waals surface area contributed by atoms with Gasteiger partial charge in [-0.15, -0.1) is 6.58 Å². The van der Waals surface area contributed by atoms with Crippen molar-refractivity contribution >= 4 is 23.7 Å². The molecular formula is C19H25N3O2S. The minimum absolute atomic E-state index is 0.0676. The van der Waals surface area contributed by atoms with Crippen LogP contribution in [0.15, 0.2) is 43.0 Å². The van der Waals surface area contributed by atoms with Gasteiger partial charge in [0.05, 0.1) is 17.5 Å². The normalized spacial score (nSPS) is 27.0. The number of hydrogen-bond acceptors (Lipinski definition) is 3. The Kier molecular flexibility index (Phi) is 5.37. The molecule has 0 aromatic heterocycles. The zero-order valence-electron chi connectivity index (χ0n) is 14.2. The molecular weight excluding hydrogens is 334 g/mol. The number of amides is 3. The summed E-state index contributed by atoms with van der Waals surface area (Å²) < 4.78 is 0. The monoisotopic (exact) mass is 359 g/mol. The van der Waals surface area contributed by atoms with Gasteiger partial charge in [0.2, 0.25) is 5.91 Å². The number of primary amides is 1. The highest BCUT2D eigenvalue weighted by molar-refractivity contribution is 8.00. The zero-order valence-corrected chi connectivity index (χ0v) is 15.1. The third-order valence-corrected chi connectivity index (χ3v) is 6.80. The van der Waals surface area contributed by atoms with Gasteiger partial charge in [0.1, 0.15) is 0 Å². The highest BCUT2D eigenvalue weighted by Gasteiger charge is 2.43. The molecule has 6 heteroatoms. The molecule has 2 fully saturated rings. The molecule has 0 spiro atoms. The zero-order chi connectivity index (χ0) is 17.9. The van der Waals surface area contributed by atoms with E-state index in [2.05, 4.69) is 17.2 Å². The van der Waals surface area contributed by atoms with Crippen molar-refractivity contribution < 1.29 is 9.59 Å². The van der Waals surface area contributed by atoms with Crippen LogP contribution in [0.2, 0.25) is 0 Å². The summed E-state index contributed by atoms with van der Waals surface area (Å²) in [6, 6.07) is 10.3. The molecule has 1 unspecified atom stereocenters. The van der Waals surface area contributed by atoms with Crippen LogP contribution in [0.4, 0.5) is 4.79 Å². The summed E-state index contributed by atoms with van der Waals surface area (Å²) in [6.45, 7) is 3.89. The van der Waals surface area contributed by atoms with Crippen LogP contribution < -0.4 is 16.4 Å². The van der Waals surface area contributed by atoms with Crippen LogP contribution in [0.1, 0.15) is 24.8 Å². The summed E-state index contributed by atoms with van der Waals surface area (Å²) in [6.07, 6.45) is 4.79. The smallest absolute Gasteiger partial charge is 0.315 e. The predicted molar refractivity (Wildman–Crippen MR) is 101 cm³/mol. The molecule has 25 heavy (non-hydrogen) atoms. The number of benzene rings is 1. The first-order valence-corrected chi connectivity index (χ1v) is 9.75. The number of carbonyl (C=O) groups excluding carboxylic acids is 2. The Balaban J connectivity index is 1.60. The van der Waals surface area contributed by atoms with Crippen LogP contribution in [0.3, 0.4) is 0 Å². The molecule has 2 aliphatic rings. The van der Waals surface area contributed by atoms with E-state index >= 15 is 0 Å². The standard InChI is InChI=1S/C19H25N3O2S/c1-2-19(17(20)23,11-13-7-4-3-5-8-13)10-6-9-15-16-14(12-25-15)21-18(24)22-16/h2-5,7-8,14-16H,1,6,9-12H2,(H2,20,23)(H2,21,22,24)/t14-,15-,16-,19?/m0/s1. The molecule has 0 aliphatic carbocycles. The van der Waals surface area contributed by atoms with Gasteiger partial charge in [-0.1, -0.05) is 42.8 Å². The van der Waals surface area contributed by atoms with E-state index in [1.54, 1.807) is 6.08 Å². The number of rotatable bonds is 8. The topological polar surface area (TPSA) is 84.2 Å². The van der Waals surface area contributed by atoms with Gasteiger partial charge in [0.15, 0.2) is 0 Å². The first-order valence-electron chi connectivity index (χ1n) is 8.70. The Hall–Kier alpha value is -1.95. The average molecular weight is 359 g/mol. The fraction of sp³-hybridized carbons (Fsp3) is 0.474. The Morgan fingerprint density at radius 2 is 2.12 bits per heavy atom. The quantitative estimate of drug-likeness (QED) is 0.491. The van der Waals surface area contributed by atoms with Crippen LogP contribution >= 0.6 is 11.8 Å². The Morgan fingerprint density at radius 1 is 1.36 bits per heavy atom. The number of nitrogens with one attached hydrogen (secondary N) is 2. The average Bonchev–Trinajstić information content (AvgIpc) is 3.14. The van der Waals surface area contributed by atoms with Crippen LogP contribution in [0.5, 0.6) is 0 Å². The molecule has 4 atom stereocenters. The fourth-order valence-corrected chi connectivity index (χ4v) is 5.34. The lowest BCUT2D eigenvalue weighted by Crippen LogP contribution is -2.39. The third-order valence-electron chi connectivity index (χ3n) is 5.29. The van der Waals surface area contributed by atoms with Gasteiger partial charge in [-0.05, 0) is 24.8 Å². The number of urea groups is 1. The molecule has 3 rings (SSSR count). The lowest BCUT2D eigenvalue weighted by Gasteiger charge is -2.28. The lowest BCUT2D eigenvalue weighted by atomic mass is 9.76.